The number of nitrogens with zero attached hydrogens (tertiary/aromatic N) is 1. The molecule has 1 saturated heterocycles. The van der Waals surface area contributed by atoms with Crippen LogP contribution in [0.2, 0.25) is 0 Å². The topological polar surface area (TPSA) is 50.8 Å². The highest BCUT2D eigenvalue weighted by Crippen LogP contribution is 2.37. The Morgan fingerprint density at radius 2 is 2.33 bits per heavy atom. The zero-order valence-corrected chi connectivity index (χ0v) is 12.4. The van der Waals surface area contributed by atoms with Crippen LogP contribution in [0.15, 0.2) is 24.3 Å². The normalized spacial score (nSPS) is 25.8. The van der Waals surface area contributed by atoms with E-state index < -0.39 is 0 Å². The van der Waals surface area contributed by atoms with Crippen molar-refractivity contribution >= 4 is 5.97 Å². The predicted octanol–water partition coefficient (Wildman–Crippen LogP) is 1.35. The van der Waals surface area contributed by atoms with Gasteiger partial charge in [-0.25, -0.2) is 0 Å². The van der Waals surface area contributed by atoms with Crippen LogP contribution in [0.4, 0.5) is 0 Å². The van der Waals surface area contributed by atoms with Gasteiger partial charge in [0.25, 0.3) is 0 Å². The molecule has 1 aromatic rings. The third-order valence-electron chi connectivity index (χ3n) is 4.17. The van der Waals surface area contributed by atoms with E-state index in [0.717, 1.165) is 25.3 Å². The number of hydrogen-bond donors (Lipinski definition) is 1. The maximum atomic E-state index is 12.2. The first-order valence-corrected chi connectivity index (χ1v) is 7.66. The van der Waals surface area contributed by atoms with Gasteiger partial charge in [-0.2, -0.15) is 0 Å². The van der Waals surface area contributed by atoms with Gasteiger partial charge in [-0.3, -0.25) is 9.69 Å². The molecule has 2 unspecified atom stereocenters. The number of nitrogens with one attached hydrogen (secondary N) is 1. The number of carbonyl (C=O) groups excluding carboxylic acids is 1. The molecule has 0 bridgehead atoms. The van der Waals surface area contributed by atoms with E-state index in [1.165, 1.54) is 5.56 Å². The zero-order chi connectivity index (χ0) is 14.7. The van der Waals surface area contributed by atoms with Gasteiger partial charge in [0.2, 0.25) is 0 Å². The number of benzene rings is 1. The van der Waals surface area contributed by atoms with Crippen LogP contribution in [-0.2, 0) is 9.53 Å². The Hall–Kier alpha value is -1.59. The summed E-state index contributed by atoms with van der Waals surface area (Å²) in [6, 6.07) is 8.14. The van der Waals surface area contributed by atoms with E-state index in [-0.39, 0.29) is 18.1 Å². The molecule has 2 heterocycles. The molecule has 1 aromatic carbocycles. The first kappa shape index (κ1) is 14.4. The number of fused-ring (bicyclic) bond motifs is 1. The maximum Gasteiger partial charge on any atom is 0.324 e. The number of piperazine rings is 1. The quantitative estimate of drug-likeness (QED) is 0.852. The Labute approximate surface area is 125 Å². The minimum Gasteiger partial charge on any atom is -0.493 e. The van der Waals surface area contributed by atoms with Crippen molar-refractivity contribution in [3.05, 3.63) is 29.8 Å². The summed E-state index contributed by atoms with van der Waals surface area (Å²) < 4.78 is 11.0. The Bertz CT molecular complexity index is 506. The molecule has 2 atom stereocenters. The third kappa shape index (κ3) is 2.89. The predicted molar refractivity (Wildman–Crippen MR) is 79.3 cm³/mol. The van der Waals surface area contributed by atoms with Gasteiger partial charge in [0, 0.05) is 37.7 Å². The second-order valence-corrected chi connectivity index (χ2v) is 5.40. The number of hydrogen-bond acceptors (Lipinski definition) is 5. The summed E-state index contributed by atoms with van der Waals surface area (Å²) in [6.45, 7) is 5.37. The first-order valence-electron chi connectivity index (χ1n) is 7.66. The fraction of sp³-hybridized carbons (Fsp3) is 0.562. The average Bonchev–Trinajstić information content (AvgIpc) is 2.54. The molecule has 114 valence electrons. The Balaban J connectivity index is 1.85. The van der Waals surface area contributed by atoms with Gasteiger partial charge in [-0.15, -0.1) is 0 Å². The Morgan fingerprint density at radius 3 is 3.19 bits per heavy atom. The van der Waals surface area contributed by atoms with Gasteiger partial charge >= 0.3 is 5.97 Å². The molecule has 0 radical (unpaired) electrons. The van der Waals surface area contributed by atoms with Crippen LogP contribution in [0.5, 0.6) is 5.75 Å². The molecule has 2 aliphatic heterocycles. The molecule has 0 amide bonds. The van der Waals surface area contributed by atoms with E-state index in [1.54, 1.807) is 0 Å². The lowest BCUT2D eigenvalue weighted by molar-refractivity contribution is -0.151. The average molecular weight is 290 g/mol. The van der Waals surface area contributed by atoms with Gasteiger partial charge in [-0.05, 0) is 13.0 Å². The summed E-state index contributed by atoms with van der Waals surface area (Å²) in [6.07, 6.45) is 0.910. The van der Waals surface area contributed by atoms with Crippen LogP contribution in [-0.4, -0.2) is 49.8 Å². The van der Waals surface area contributed by atoms with Gasteiger partial charge in [-0.1, -0.05) is 18.2 Å². The molecule has 1 fully saturated rings. The number of ether oxygens (including phenoxy) is 2. The molecule has 2 aliphatic rings. The van der Waals surface area contributed by atoms with Gasteiger partial charge in [0.15, 0.2) is 0 Å². The standard InChI is InChI=1S/C16H22N2O3/c1-2-20-16(19)14-11-17-8-9-18(14)13-7-10-21-15-6-4-3-5-12(13)15/h3-6,13-14,17H,2,7-11H2,1H3. The lowest BCUT2D eigenvalue weighted by atomic mass is 9.96. The van der Waals surface area contributed by atoms with E-state index in [2.05, 4.69) is 16.3 Å². The Kier molecular flexibility index (Phi) is 4.41. The molecule has 3 rings (SSSR count). The summed E-state index contributed by atoms with van der Waals surface area (Å²) in [7, 11) is 0. The summed E-state index contributed by atoms with van der Waals surface area (Å²) in [5, 5.41) is 3.29. The van der Waals surface area contributed by atoms with Gasteiger partial charge in [0.1, 0.15) is 11.8 Å². The monoisotopic (exact) mass is 290 g/mol. The fourth-order valence-corrected chi connectivity index (χ4v) is 3.22. The maximum absolute atomic E-state index is 12.2. The van der Waals surface area contributed by atoms with Gasteiger partial charge in [0.05, 0.1) is 13.2 Å². The molecule has 0 aromatic heterocycles. The largest absolute Gasteiger partial charge is 0.493 e. The van der Waals surface area contributed by atoms with Crippen molar-refractivity contribution in [1.82, 2.24) is 10.2 Å². The first-order chi connectivity index (χ1) is 10.3. The number of rotatable bonds is 3. The second-order valence-electron chi connectivity index (χ2n) is 5.40. The van der Waals surface area contributed by atoms with Crippen molar-refractivity contribution in [1.29, 1.82) is 0 Å². The highest BCUT2D eigenvalue weighted by atomic mass is 16.5. The lowest BCUT2D eigenvalue weighted by Crippen LogP contribution is -2.56. The van der Waals surface area contributed by atoms with Gasteiger partial charge < -0.3 is 14.8 Å². The van der Waals surface area contributed by atoms with Crippen LogP contribution in [0.3, 0.4) is 0 Å². The highest BCUT2D eigenvalue weighted by molar-refractivity contribution is 5.76. The van der Waals surface area contributed by atoms with Crippen LogP contribution in [0.1, 0.15) is 24.9 Å². The SMILES string of the molecule is CCOC(=O)C1CNCCN1C1CCOc2ccccc21. The summed E-state index contributed by atoms with van der Waals surface area (Å²) in [5.41, 5.74) is 1.18. The molecule has 0 saturated carbocycles. The number of carbonyl (C=O) groups is 1. The number of esters is 1. The summed E-state index contributed by atoms with van der Waals surface area (Å²) >= 11 is 0. The third-order valence-corrected chi connectivity index (χ3v) is 4.17. The van der Waals surface area contributed by atoms with Crippen LogP contribution in [0, 0.1) is 0 Å². The molecule has 5 nitrogen and oxygen atoms in total. The van der Waals surface area contributed by atoms with Crippen LogP contribution >= 0.6 is 0 Å². The van der Waals surface area contributed by atoms with Crippen molar-refractivity contribution in [2.45, 2.75) is 25.4 Å². The number of para-hydroxylation sites is 1. The van der Waals surface area contributed by atoms with Crippen molar-refractivity contribution in [2.75, 3.05) is 32.8 Å². The molecular formula is C16H22N2O3. The lowest BCUT2D eigenvalue weighted by Gasteiger charge is -2.42. The smallest absolute Gasteiger partial charge is 0.324 e. The van der Waals surface area contributed by atoms with Crippen molar-refractivity contribution in [3.63, 3.8) is 0 Å². The van der Waals surface area contributed by atoms with E-state index in [4.69, 9.17) is 9.47 Å². The molecule has 0 spiro atoms. The highest BCUT2D eigenvalue weighted by Gasteiger charge is 2.37. The molecular weight excluding hydrogens is 268 g/mol. The molecule has 21 heavy (non-hydrogen) atoms. The minimum atomic E-state index is -0.213. The van der Waals surface area contributed by atoms with E-state index in [0.29, 0.717) is 19.8 Å². The fourth-order valence-electron chi connectivity index (χ4n) is 3.22. The molecule has 0 aliphatic carbocycles. The van der Waals surface area contributed by atoms with E-state index >= 15 is 0 Å². The van der Waals surface area contributed by atoms with E-state index in [1.807, 2.05) is 25.1 Å². The Morgan fingerprint density at radius 1 is 1.48 bits per heavy atom. The van der Waals surface area contributed by atoms with Crippen molar-refractivity contribution < 1.29 is 14.3 Å². The molecule has 1 N–H and O–H groups in total. The second kappa shape index (κ2) is 6.45. The van der Waals surface area contributed by atoms with E-state index in [9.17, 15) is 4.79 Å². The summed E-state index contributed by atoms with van der Waals surface area (Å²) in [4.78, 5) is 14.5. The zero-order valence-electron chi connectivity index (χ0n) is 12.4. The van der Waals surface area contributed by atoms with Crippen LogP contribution < -0.4 is 10.1 Å². The van der Waals surface area contributed by atoms with Crippen molar-refractivity contribution in [3.8, 4) is 5.75 Å². The minimum absolute atomic E-state index is 0.131. The van der Waals surface area contributed by atoms with Crippen molar-refractivity contribution in [2.24, 2.45) is 0 Å². The van der Waals surface area contributed by atoms with Crippen LogP contribution in [0.25, 0.3) is 0 Å². The molecule has 5 heteroatoms. The summed E-state index contributed by atoms with van der Waals surface area (Å²) in [5.74, 6) is 0.809.